The van der Waals surface area contributed by atoms with E-state index in [-0.39, 0.29) is 0 Å². The molecule has 0 nitrogen and oxygen atoms in total. The summed E-state index contributed by atoms with van der Waals surface area (Å²) in [7, 11) is 0. The summed E-state index contributed by atoms with van der Waals surface area (Å²) >= 11 is 0. The zero-order chi connectivity index (χ0) is 7.46. The van der Waals surface area contributed by atoms with Gasteiger partial charge in [-0.2, -0.15) is 0 Å². The summed E-state index contributed by atoms with van der Waals surface area (Å²) in [5.74, 6) is 7.70. The lowest BCUT2D eigenvalue weighted by Gasteiger charge is -2.86. The average Bonchev–Trinajstić information content (AvgIpc) is 2.79. The predicted octanol–water partition coefficient (Wildman–Crippen LogP) is 1.76. The van der Waals surface area contributed by atoms with Crippen LogP contribution in [0.25, 0.3) is 0 Å². The van der Waals surface area contributed by atoms with Crippen molar-refractivity contribution in [2.24, 2.45) is 57.2 Å². The molecule has 0 aliphatic heterocycles. The SMILES string of the molecule is CC12C3C4C5(C)C6C1C61C2C34C51. The molecule has 7 aliphatic rings. The maximum absolute atomic E-state index is 2.64. The van der Waals surface area contributed by atoms with Gasteiger partial charge >= 0.3 is 0 Å². The molecule has 7 saturated carbocycles. The van der Waals surface area contributed by atoms with E-state index in [1.165, 1.54) is 35.5 Å². The fraction of sp³-hybridized carbons (Fsp3) is 1.00. The highest BCUT2D eigenvalue weighted by molar-refractivity contribution is 5.73. The topological polar surface area (TPSA) is 0 Å². The second-order valence-corrected chi connectivity index (χ2v) is 7.51. The van der Waals surface area contributed by atoms with Gasteiger partial charge in [-0.05, 0) is 57.2 Å². The minimum atomic E-state index is 0.946. The van der Waals surface area contributed by atoms with Crippen LogP contribution in [0.15, 0.2) is 0 Å². The molecule has 60 valence electrons. The van der Waals surface area contributed by atoms with Crippen LogP contribution in [-0.2, 0) is 0 Å². The van der Waals surface area contributed by atoms with Crippen molar-refractivity contribution >= 4 is 0 Å². The molecule has 7 fully saturated rings. The van der Waals surface area contributed by atoms with E-state index in [0.29, 0.717) is 0 Å². The summed E-state index contributed by atoms with van der Waals surface area (Å²) in [6, 6.07) is 0. The van der Waals surface area contributed by atoms with E-state index < -0.39 is 0 Å². The first kappa shape index (κ1) is 4.48. The van der Waals surface area contributed by atoms with E-state index in [1.807, 2.05) is 0 Å². The van der Waals surface area contributed by atoms with Crippen molar-refractivity contribution in [1.82, 2.24) is 0 Å². The second kappa shape index (κ2) is 0.624. The molecule has 0 aromatic rings. The Hall–Kier alpha value is 0. The molecule has 0 N–H and O–H groups in total. The van der Waals surface area contributed by atoms with Crippen molar-refractivity contribution in [2.75, 3.05) is 0 Å². The third kappa shape index (κ3) is 0.105. The van der Waals surface area contributed by atoms with Crippen LogP contribution in [0, 0.1) is 57.2 Å². The Balaban J connectivity index is 1.81. The zero-order valence-electron chi connectivity index (χ0n) is 7.46. The highest BCUT2D eigenvalue weighted by atomic mass is 15.3. The summed E-state index contributed by atoms with van der Waals surface area (Å²) < 4.78 is 0. The van der Waals surface area contributed by atoms with Gasteiger partial charge in [-0.15, -0.1) is 0 Å². The summed E-state index contributed by atoms with van der Waals surface area (Å²) in [6.45, 7) is 5.29. The molecule has 0 bridgehead atoms. The Morgan fingerprint density at radius 1 is 0.667 bits per heavy atom. The van der Waals surface area contributed by atoms with Crippen LogP contribution in [0.1, 0.15) is 13.8 Å². The molecule has 0 amide bonds. The Morgan fingerprint density at radius 3 is 1.33 bits per heavy atom. The number of hydrogen-bond acceptors (Lipinski definition) is 0. The van der Waals surface area contributed by atoms with Crippen LogP contribution in [0.5, 0.6) is 0 Å². The van der Waals surface area contributed by atoms with Crippen molar-refractivity contribution in [2.45, 2.75) is 13.8 Å². The second-order valence-electron chi connectivity index (χ2n) is 7.51. The van der Waals surface area contributed by atoms with Gasteiger partial charge in [-0.3, -0.25) is 0 Å². The van der Waals surface area contributed by atoms with Gasteiger partial charge in [0, 0.05) is 0 Å². The average molecular weight is 156 g/mol. The third-order valence-electron chi connectivity index (χ3n) is 8.53. The smallest absolute Gasteiger partial charge is 0.0145 e. The van der Waals surface area contributed by atoms with Gasteiger partial charge in [0.1, 0.15) is 0 Å². The molecule has 0 aromatic carbocycles. The molecule has 7 aliphatic carbocycles. The molecule has 0 heterocycles. The van der Waals surface area contributed by atoms with Gasteiger partial charge in [0.2, 0.25) is 0 Å². The van der Waals surface area contributed by atoms with Gasteiger partial charge in [-0.25, -0.2) is 0 Å². The van der Waals surface area contributed by atoms with Crippen LogP contribution in [-0.4, -0.2) is 0 Å². The quantitative estimate of drug-likeness (QED) is 0.501. The Bertz CT molecular complexity index is 371. The first-order valence-corrected chi connectivity index (χ1v) is 5.71. The minimum absolute atomic E-state index is 0.946. The standard InChI is InChI=1S/C12H12/c1-9-3-5-10(2)6-4(9)12(6)7(9)11(3,5)8(10)12/h3-8H,1-2H3. The van der Waals surface area contributed by atoms with Gasteiger partial charge in [0.05, 0.1) is 0 Å². The van der Waals surface area contributed by atoms with Crippen molar-refractivity contribution < 1.29 is 0 Å². The van der Waals surface area contributed by atoms with Crippen LogP contribution in [0.2, 0.25) is 0 Å². The first-order valence-electron chi connectivity index (χ1n) is 5.71. The van der Waals surface area contributed by atoms with E-state index in [2.05, 4.69) is 13.8 Å². The van der Waals surface area contributed by atoms with Crippen LogP contribution < -0.4 is 0 Å². The summed E-state index contributed by atoms with van der Waals surface area (Å²) in [4.78, 5) is 0. The van der Waals surface area contributed by atoms with Crippen molar-refractivity contribution in [1.29, 1.82) is 0 Å². The van der Waals surface area contributed by atoms with Crippen LogP contribution >= 0.6 is 0 Å². The molecule has 0 radical (unpaired) electrons. The first-order chi connectivity index (χ1) is 5.71. The van der Waals surface area contributed by atoms with Gasteiger partial charge < -0.3 is 0 Å². The Morgan fingerprint density at radius 2 is 1.00 bits per heavy atom. The third-order valence-corrected chi connectivity index (χ3v) is 8.53. The minimum Gasteiger partial charge on any atom is -0.0587 e. The molecule has 0 heteroatoms. The van der Waals surface area contributed by atoms with Gasteiger partial charge in [0.25, 0.3) is 0 Å². The zero-order valence-corrected chi connectivity index (χ0v) is 7.46. The molecule has 0 aromatic heterocycles. The van der Waals surface area contributed by atoms with Crippen LogP contribution in [0.3, 0.4) is 0 Å². The summed E-state index contributed by atoms with van der Waals surface area (Å²) in [5, 5.41) is 0. The van der Waals surface area contributed by atoms with E-state index in [9.17, 15) is 0 Å². The van der Waals surface area contributed by atoms with E-state index >= 15 is 0 Å². The molecule has 4 atom stereocenters. The summed E-state index contributed by atoms with van der Waals surface area (Å²) in [5.41, 5.74) is 4.02. The Labute approximate surface area is 71.7 Å². The largest absolute Gasteiger partial charge is 0.0587 e. The normalized spacial score (nSPS) is 118. The maximum atomic E-state index is 2.64. The fourth-order valence-electron chi connectivity index (χ4n) is 9.86. The fourth-order valence-corrected chi connectivity index (χ4v) is 9.86. The summed E-state index contributed by atoms with van der Waals surface area (Å²) in [6.07, 6.45) is 0. The van der Waals surface area contributed by atoms with Crippen LogP contribution in [0.4, 0.5) is 0 Å². The molecule has 12 heavy (non-hydrogen) atoms. The number of rotatable bonds is 0. The van der Waals surface area contributed by atoms with E-state index in [1.54, 1.807) is 0 Å². The predicted molar refractivity (Wildman–Crippen MR) is 42.0 cm³/mol. The highest BCUT2D eigenvalue weighted by Crippen LogP contribution is 3.30. The Kier molecular flexibility index (Phi) is 0.233. The number of hydrogen-bond donors (Lipinski definition) is 0. The molecule has 7 rings (SSSR count). The maximum Gasteiger partial charge on any atom is -0.0145 e. The molecule has 4 unspecified atom stereocenters. The number of fused-ring (bicyclic) bond motifs is 6. The van der Waals surface area contributed by atoms with Crippen molar-refractivity contribution in [3.63, 3.8) is 0 Å². The van der Waals surface area contributed by atoms with E-state index in [4.69, 9.17) is 0 Å². The molecule has 0 saturated heterocycles. The van der Waals surface area contributed by atoms with Gasteiger partial charge in [-0.1, -0.05) is 13.8 Å². The lowest BCUT2D eigenvalue weighted by Crippen LogP contribution is -2.84. The molecular weight excluding hydrogens is 144 g/mol. The van der Waals surface area contributed by atoms with E-state index in [0.717, 1.165) is 21.7 Å². The molecule has 2 spiro atoms. The highest BCUT2D eigenvalue weighted by Gasteiger charge is 3.28. The van der Waals surface area contributed by atoms with Crippen molar-refractivity contribution in [3.8, 4) is 0 Å². The lowest BCUT2D eigenvalue weighted by atomic mass is 9.17. The molecular formula is C12H12. The lowest BCUT2D eigenvalue weighted by molar-refractivity contribution is -0.410. The van der Waals surface area contributed by atoms with Gasteiger partial charge in [0.15, 0.2) is 0 Å². The van der Waals surface area contributed by atoms with Crippen molar-refractivity contribution in [3.05, 3.63) is 0 Å². The monoisotopic (exact) mass is 156 g/mol.